The maximum absolute atomic E-state index is 12.7. The Morgan fingerprint density at radius 1 is 1.00 bits per heavy atom. The van der Waals surface area contributed by atoms with E-state index in [0.717, 1.165) is 44.1 Å². The van der Waals surface area contributed by atoms with Gasteiger partial charge in [0.1, 0.15) is 0 Å². The summed E-state index contributed by atoms with van der Waals surface area (Å²) in [6.45, 7) is 0. The molecule has 3 rings (SSSR count). The molecule has 2 aromatic carbocycles. The summed E-state index contributed by atoms with van der Waals surface area (Å²) in [4.78, 5) is 24.3. The highest BCUT2D eigenvalue weighted by Crippen LogP contribution is 2.21. The van der Waals surface area contributed by atoms with Gasteiger partial charge in [-0.3, -0.25) is 14.9 Å². The Labute approximate surface area is 200 Å². The highest BCUT2D eigenvalue weighted by Gasteiger charge is 2.21. The molecule has 180 valence electrons. The number of anilines is 1. The Morgan fingerprint density at radius 2 is 1.62 bits per heavy atom. The van der Waals surface area contributed by atoms with E-state index in [1.807, 2.05) is 0 Å². The number of nitro groups is 1. The summed E-state index contributed by atoms with van der Waals surface area (Å²) < 4.78 is 28.3. The second kappa shape index (κ2) is 11.7. The van der Waals surface area contributed by atoms with Gasteiger partial charge in [-0.15, -0.1) is 0 Å². The van der Waals surface area contributed by atoms with Crippen molar-refractivity contribution in [2.75, 3.05) is 11.9 Å². The maximum atomic E-state index is 12.7. The molecule has 0 heterocycles. The Bertz CT molecular complexity index is 1150. The maximum Gasteiger partial charge on any atom is 0.269 e. The Hall–Kier alpha value is -3.30. The SMILES string of the molecule is CN(C(=O)/C=C/C=C/c1ccc([N+](=O)[O-])cc1)c1ccc(S(=O)(=O)NC2CCCCCC2)cc1. The number of nitrogens with zero attached hydrogens (tertiary/aromatic N) is 2. The van der Waals surface area contributed by atoms with E-state index in [0.29, 0.717) is 5.69 Å². The van der Waals surface area contributed by atoms with Crippen LogP contribution in [0.3, 0.4) is 0 Å². The first-order chi connectivity index (χ1) is 16.3. The second-order valence-electron chi connectivity index (χ2n) is 8.27. The smallest absolute Gasteiger partial charge is 0.269 e. The van der Waals surface area contributed by atoms with Gasteiger partial charge in [-0.05, 0) is 54.8 Å². The molecular weight excluding hydrogens is 454 g/mol. The number of carbonyl (C=O) groups is 1. The number of nitrogens with one attached hydrogen (secondary N) is 1. The highest BCUT2D eigenvalue weighted by molar-refractivity contribution is 7.89. The molecular formula is C25H29N3O5S. The number of sulfonamides is 1. The second-order valence-corrected chi connectivity index (χ2v) is 9.98. The van der Waals surface area contributed by atoms with Gasteiger partial charge >= 0.3 is 0 Å². The summed E-state index contributed by atoms with van der Waals surface area (Å²) in [5.74, 6) is -0.277. The molecule has 34 heavy (non-hydrogen) atoms. The molecule has 1 aliphatic carbocycles. The zero-order chi connectivity index (χ0) is 24.6. The number of hydrogen-bond donors (Lipinski definition) is 1. The van der Waals surface area contributed by atoms with Crippen molar-refractivity contribution in [3.05, 3.63) is 82.4 Å². The molecule has 0 aromatic heterocycles. The monoisotopic (exact) mass is 483 g/mol. The van der Waals surface area contributed by atoms with Gasteiger partial charge in [0.15, 0.2) is 0 Å². The standard InChI is InChI=1S/C25H29N3O5S/c1-27(25(29)11-7-6-8-20-12-14-23(15-13-20)28(30)31)22-16-18-24(19-17-22)34(32,33)26-21-9-4-2-3-5-10-21/h6-8,11-19,21,26H,2-5,9-10H2,1H3/b8-6+,11-7+. The quantitative estimate of drug-likeness (QED) is 0.190. The number of allylic oxidation sites excluding steroid dienone is 2. The van der Waals surface area contributed by atoms with Crippen LogP contribution in [0.15, 0.2) is 71.7 Å². The summed E-state index contributed by atoms with van der Waals surface area (Å²) in [6, 6.07) is 12.3. The van der Waals surface area contributed by atoms with E-state index >= 15 is 0 Å². The zero-order valence-corrected chi connectivity index (χ0v) is 19.9. The fraction of sp³-hybridized carbons (Fsp3) is 0.320. The lowest BCUT2D eigenvalue weighted by atomic mass is 10.1. The topological polar surface area (TPSA) is 110 Å². The van der Waals surface area contributed by atoms with Crippen LogP contribution in [0.1, 0.15) is 44.1 Å². The van der Waals surface area contributed by atoms with Crippen LogP contribution in [-0.4, -0.2) is 32.3 Å². The van der Waals surface area contributed by atoms with E-state index in [-0.39, 0.29) is 22.5 Å². The number of hydrogen-bond acceptors (Lipinski definition) is 5. The highest BCUT2D eigenvalue weighted by atomic mass is 32.2. The van der Waals surface area contributed by atoms with Crippen LogP contribution in [-0.2, 0) is 14.8 Å². The minimum atomic E-state index is -3.60. The summed E-state index contributed by atoms with van der Waals surface area (Å²) in [5.41, 5.74) is 1.36. The molecule has 1 amide bonds. The minimum absolute atomic E-state index is 0.0172. The molecule has 8 nitrogen and oxygen atoms in total. The fourth-order valence-electron chi connectivity index (χ4n) is 3.78. The molecule has 0 atom stereocenters. The van der Waals surface area contributed by atoms with Crippen molar-refractivity contribution < 1.29 is 18.1 Å². The molecule has 2 aromatic rings. The van der Waals surface area contributed by atoms with Gasteiger partial charge in [-0.2, -0.15) is 0 Å². The Kier molecular flexibility index (Phi) is 8.72. The van der Waals surface area contributed by atoms with E-state index < -0.39 is 14.9 Å². The van der Waals surface area contributed by atoms with Gasteiger partial charge in [-0.1, -0.05) is 43.9 Å². The van der Waals surface area contributed by atoms with Crippen LogP contribution in [0, 0.1) is 10.1 Å². The van der Waals surface area contributed by atoms with Gasteiger partial charge in [0.2, 0.25) is 10.0 Å². The minimum Gasteiger partial charge on any atom is -0.312 e. The largest absolute Gasteiger partial charge is 0.312 e. The first-order valence-electron chi connectivity index (χ1n) is 11.3. The molecule has 0 radical (unpaired) electrons. The van der Waals surface area contributed by atoms with Gasteiger partial charge in [0.05, 0.1) is 9.82 Å². The van der Waals surface area contributed by atoms with Gasteiger partial charge in [0, 0.05) is 37.0 Å². The van der Waals surface area contributed by atoms with E-state index in [2.05, 4.69) is 4.72 Å². The van der Waals surface area contributed by atoms with Crippen molar-refractivity contribution in [3.63, 3.8) is 0 Å². The molecule has 0 unspecified atom stereocenters. The van der Waals surface area contributed by atoms with Crippen LogP contribution in [0.5, 0.6) is 0 Å². The van der Waals surface area contributed by atoms with Crippen molar-refractivity contribution in [2.45, 2.75) is 49.5 Å². The number of carbonyl (C=O) groups excluding carboxylic acids is 1. The fourth-order valence-corrected chi connectivity index (χ4v) is 5.09. The van der Waals surface area contributed by atoms with Crippen LogP contribution in [0.4, 0.5) is 11.4 Å². The number of likely N-dealkylation sites (N-methyl/N-ethyl adjacent to an activating group) is 1. The zero-order valence-electron chi connectivity index (χ0n) is 19.1. The molecule has 1 aliphatic rings. The third-order valence-electron chi connectivity index (χ3n) is 5.78. The molecule has 0 bridgehead atoms. The van der Waals surface area contributed by atoms with Crippen molar-refractivity contribution in [3.8, 4) is 0 Å². The third kappa shape index (κ3) is 7.10. The number of non-ortho nitro benzene ring substituents is 1. The summed E-state index contributed by atoms with van der Waals surface area (Å²) in [5, 5.41) is 10.7. The molecule has 0 aliphatic heterocycles. The normalized spacial score (nSPS) is 15.4. The average Bonchev–Trinajstić information content (AvgIpc) is 3.09. The van der Waals surface area contributed by atoms with E-state index in [9.17, 15) is 23.3 Å². The lowest BCUT2D eigenvalue weighted by molar-refractivity contribution is -0.384. The Morgan fingerprint density at radius 3 is 2.21 bits per heavy atom. The first-order valence-corrected chi connectivity index (χ1v) is 12.7. The molecule has 0 saturated heterocycles. The Balaban J connectivity index is 1.57. The summed E-state index contributed by atoms with van der Waals surface area (Å²) >= 11 is 0. The number of rotatable bonds is 8. The molecule has 1 saturated carbocycles. The number of nitro benzene ring substituents is 1. The predicted molar refractivity (Wildman–Crippen MR) is 133 cm³/mol. The third-order valence-corrected chi connectivity index (χ3v) is 7.32. The van der Waals surface area contributed by atoms with Crippen molar-refractivity contribution in [1.29, 1.82) is 0 Å². The van der Waals surface area contributed by atoms with E-state index in [1.165, 1.54) is 35.2 Å². The molecule has 9 heteroatoms. The lowest BCUT2D eigenvalue weighted by Crippen LogP contribution is -2.34. The van der Waals surface area contributed by atoms with Gasteiger partial charge < -0.3 is 4.90 Å². The molecule has 0 spiro atoms. The van der Waals surface area contributed by atoms with Crippen molar-refractivity contribution >= 4 is 33.4 Å². The molecule has 1 fully saturated rings. The first kappa shape index (κ1) is 25.3. The van der Waals surface area contributed by atoms with Crippen LogP contribution in [0.2, 0.25) is 0 Å². The van der Waals surface area contributed by atoms with E-state index in [4.69, 9.17) is 0 Å². The van der Waals surface area contributed by atoms with E-state index in [1.54, 1.807) is 49.5 Å². The lowest BCUT2D eigenvalue weighted by Gasteiger charge is -2.18. The van der Waals surface area contributed by atoms with Crippen molar-refractivity contribution in [2.24, 2.45) is 0 Å². The molecule has 1 N–H and O–H groups in total. The number of benzene rings is 2. The summed E-state index contributed by atoms with van der Waals surface area (Å²) in [6.07, 6.45) is 12.5. The predicted octanol–water partition coefficient (Wildman–Crippen LogP) is 4.83. The van der Waals surface area contributed by atoms with Crippen molar-refractivity contribution in [1.82, 2.24) is 4.72 Å². The van der Waals surface area contributed by atoms with Gasteiger partial charge in [0.25, 0.3) is 11.6 Å². The van der Waals surface area contributed by atoms with Gasteiger partial charge in [-0.25, -0.2) is 13.1 Å². The summed E-state index contributed by atoms with van der Waals surface area (Å²) in [7, 11) is -1.99. The van der Waals surface area contributed by atoms with Crippen LogP contribution < -0.4 is 9.62 Å². The number of amides is 1. The van der Waals surface area contributed by atoms with Crippen LogP contribution in [0.25, 0.3) is 6.08 Å². The average molecular weight is 484 g/mol. The van der Waals surface area contributed by atoms with Crippen LogP contribution >= 0.6 is 0 Å².